The third kappa shape index (κ3) is 6.66. The van der Waals surface area contributed by atoms with Gasteiger partial charge < -0.3 is 19.3 Å². The fourth-order valence-corrected chi connectivity index (χ4v) is 4.94. The first-order valence-electron chi connectivity index (χ1n) is 11.8. The molecule has 6 nitrogen and oxygen atoms in total. The summed E-state index contributed by atoms with van der Waals surface area (Å²) in [6.07, 6.45) is 1.45. The number of ether oxygens (including phenoxy) is 2. The molecule has 0 bridgehead atoms. The lowest BCUT2D eigenvalue weighted by atomic mass is 9.75. The molecule has 0 radical (unpaired) electrons. The van der Waals surface area contributed by atoms with Crippen LogP contribution in [-0.2, 0) is 20.7 Å². The number of amides is 2. The molecule has 0 N–H and O–H groups in total. The summed E-state index contributed by atoms with van der Waals surface area (Å²) in [6, 6.07) is 11.5. The van der Waals surface area contributed by atoms with Crippen LogP contribution in [0.3, 0.4) is 0 Å². The highest BCUT2D eigenvalue weighted by Crippen LogP contribution is 2.37. The molecule has 0 unspecified atom stereocenters. The molecule has 2 aromatic carbocycles. The van der Waals surface area contributed by atoms with E-state index in [4.69, 9.17) is 32.7 Å². The molecule has 35 heavy (non-hydrogen) atoms. The van der Waals surface area contributed by atoms with Crippen LogP contribution >= 0.6 is 23.2 Å². The monoisotopic (exact) mass is 522 g/mol. The highest BCUT2D eigenvalue weighted by molar-refractivity contribution is 6.31. The molecule has 4 rings (SSSR count). The van der Waals surface area contributed by atoms with Crippen molar-refractivity contribution in [3.8, 4) is 5.75 Å². The molecule has 2 fully saturated rings. The topological polar surface area (TPSA) is 59.1 Å². The van der Waals surface area contributed by atoms with Gasteiger partial charge in [0, 0.05) is 53.6 Å². The summed E-state index contributed by atoms with van der Waals surface area (Å²) in [5.41, 5.74) is -0.203. The zero-order valence-corrected chi connectivity index (χ0v) is 21.0. The van der Waals surface area contributed by atoms with Gasteiger partial charge in [-0.25, -0.2) is 4.39 Å². The first-order chi connectivity index (χ1) is 16.8. The quantitative estimate of drug-likeness (QED) is 0.532. The van der Waals surface area contributed by atoms with Gasteiger partial charge in [-0.3, -0.25) is 9.59 Å². The summed E-state index contributed by atoms with van der Waals surface area (Å²) in [5.74, 6) is 0.0969. The number of piperidine rings is 1. The van der Waals surface area contributed by atoms with Crippen molar-refractivity contribution in [2.45, 2.75) is 25.7 Å². The van der Waals surface area contributed by atoms with Crippen LogP contribution in [0.15, 0.2) is 42.5 Å². The van der Waals surface area contributed by atoms with E-state index in [0.717, 1.165) is 0 Å². The number of morpholine rings is 1. The first kappa shape index (κ1) is 25.7. The molecule has 2 aliphatic rings. The van der Waals surface area contributed by atoms with Crippen molar-refractivity contribution in [3.63, 3.8) is 0 Å². The molecule has 2 aliphatic heterocycles. The summed E-state index contributed by atoms with van der Waals surface area (Å²) < 4.78 is 25.6. The summed E-state index contributed by atoms with van der Waals surface area (Å²) >= 11 is 12.1. The van der Waals surface area contributed by atoms with Crippen LogP contribution in [0.1, 0.15) is 24.8 Å². The van der Waals surface area contributed by atoms with Gasteiger partial charge in [0.1, 0.15) is 11.6 Å². The van der Waals surface area contributed by atoms with Crippen molar-refractivity contribution in [1.29, 1.82) is 0 Å². The highest BCUT2D eigenvalue weighted by Gasteiger charge is 2.40. The molecule has 0 atom stereocenters. The summed E-state index contributed by atoms with van der Waals surface area (Å²) in [5, 5.41) is 0.869. The Labute approximate surface area is 214 Å². The predicted molar refractivity (Wildman–Crippen MR) is 132 cm³/mol. The molecule has 2 aromatic rings. The van der Waals surface area contributed by atoms with Crippen molar-refractivity contribution in [3.05, 3.63) is 63.9 Å². The molecular formula is C26H29Cl2FN2O4. The molecule has 0 spiro atoms. The van der Waals surface area contributed by atoms with Gasteiger partial charge in [-0.05, 0) is 49.2 Å². The second kappa shape index (κ2) is 11.6. The van der Waals surface area contributed by atoms with Gasteiger partial charge in [0.05, 0.1) is 26.2 Å². The Balaban J connectivity index is 1.43. The maximum absolute atomic E-state index is 14.2. The van der Waals surface area contributed by atoms with E-state index in [1.165, 1.54) is 12.1 Å². The first-order valence-corrected chi connectivity index (χ1v) is 12.6. The Morgan fingerprint density at radius 3 is 2.26 bits per heavy atom. The largest absolute Gasteiger partial charge is 0.493 e. The van der Waals surface area contributed by atoms with E-state index in [1.807, 2.05) is 4.90 Å². The Kier molecular flexibility index (Phi) is 8.52. The van der Waals surface area contributed by atoms with Crippen LogP contribution in [-0.4, -0.2) is 67.6 Å². The highest BCUT2D eigenvalue weighted by atomic mass is 35.5. The van der Waals surface area contributed by atoms with Gasteiger partial charge in [0.2, 0.25) is 11.8 Å². The number of carbonyl (C=O) groups excluding carboxylic acids is 2. The van der Waals surface area contributed by atoms with Crippen molar-refractivity contribution < 1.29 is 23.5 Å². The van der Waals surface area contributed by atoms with Crippen LogP contribution in [0, 0.1) is 11.2 Å². The number of hydrogen-bond acceptors (Lipinski definition) is 4. The molecule has 2 heterocycles. The van der Waals surface area contributed by atoms with E-state index in [0.29, 0.717) is 76.0 Å². The van der Waals surface area contributed by atoms with E-state index < -0.39 is 11.2 Å². The number of rotatable bonds is 7. The Morgan fingerprint density at radius 2 is 1.60 bits per heavy atom. The van der Waals surface area contributed by atoms with Crippen LogP contribution in [0.2, 0.25) is 10.0 Å². The number of likely N-dealkylation sites (tertiary alicyclic amines) is 1. The lowest BCUT2D eigenvalue weighted by Gasteiger charge is -2.42. The molecule has 0 aromatic heterocycles. The van der Waals surface area contributed by atoms with Crippen LogP contribution < -0.4 is 4.74 Å². The number of halogens is 3. The SMILES string of the molecule is O=C(Cc1c(F)cccc1Cl)N1CCC(COc2ccc(Cl)cc2)(CC(=O)N2CCOCC2)CC1. The van der Waals surface area contributed by atoms with Crippen molar-refractivity contribution >= 4 is 35.0 Å². The van der Waals surface area contributed by atoms with E-state index >= 15 is 0 Å². The minimum atomic E-state index is -0.482. The summed E-state index contributed by atoms with van der Waals surface area (Å²) in [7, 11) is 0. The fraction of sp³-hybridized carbons (Fsp3) is 0.462. The van der Waals surface area contributed by atoms with Gasteiger partial charge in [-0.2, -0.15) is 0 Å². The van der Waals surface area contributed by atoms with Gasteiger partial charge in [-0.1, -0.05) is 29.3 Å². The van der Waals surface area contributed by atoms with Crippen LogP contribution in [0.5, 0.6) is 5.75 Å². The predicted octanol–water partition coefficient (Wildman–Crippen LogP) is 4.61. The Bertz CT molecular complexity index is 1020. The minimum absolute atomic E-state index is 0.0749. The second-order valence-corrected chi connectivity index (χ2v) is 10.0. The number of nitrogens with zero attached hydrogens (tertiary/aromatic N) is 2. The average Bonchev–Trinajstić information content (AvgIpc) is 2.87. The van der Waals surface area contributed by atoms with E-state index in [2.05, 4.69) is 0 Å². The lowest BCUT2D eigenvalue weighted by molar-refractivity contribution is -0.140. The smallest absolute Gasteiger partial charge is 0.227 e. The van der Waals surface area contributed by atoms with Crippen molar-refractivity contribution in [2.24, 2.45) is 5.41 Å². The van der Waals surface area contributed by atoms with Gasteiger partial charge in [0.25, 0.3) is 0 Å². The average molecular weight is 523 g/mol. The van der Waals surface area contributed by atoms with Crippen molar-refractivity contribution in [1.82, 2.24) is 9.80 Å². The standard InChI is InChI=1S/C26H29Cl2FN2O4/c27-19-4-6-20(7-5-19)35-18-26(17-25(33)31-12-14-34-15-13-31)8-10-30(11-9-26)24(32)16-21-22(28)2-1-3-23(21)29/h1-7H,8-18H2. The van der Waals surface area contributed by atoms with E-state index in [9.17, 15) is 14.0 Å². The van der Waals surface area contributed by atoms with Gasteiger partial charge >= 0.3 is 0 Å². The van der Waals surface area contributed by atoms with Gasteiger partial charge in [-0.15, -0.1) is 0 Å². The Morgan fingerprint density at radius 1 is 0.943 bits per heavy atom. The molecule has 0 saturated carbocycles. The van der Waals surface area contributed by atoms with Crippen LogP contribution in [0.25, 0.3) is 0 Å². The zero-order chi connectivity index (χ0) is 24.8. The summed E-state index contributed by atoms with van der Waals surface area (Å²) in [4.78, 5) is 29.6. The number of hydrogen-bond donors (Lipinski definition) is 0. The third-order valence-corrected chi connectivity index (χ3v) is 7.42. The molecular weight excluding hydrogens is 494 g/mol. The molecule has 2 amide bonds. The van der Waals surface area contributed by atoms with Crippen molar-refractivity contribution in [2.75, 3.05) is 46.0 Å². The maximum Gasteiger partial charge on any atom is 0.227 e. The summed E-state index contributed by atoms with van der Waals surface area (Å²) in [6.45, 7) is 3.53. The van der Waals surface area contributed by atoms with Crippen LogP contribution in [0.4, 0.5) is 4.39 Å². The fourth-order valence-electron chi connectivity index (χ4n) is 4.58. The minimum Gasteiger partial charge on any atom is -0.493 e. The normalized spacial score (nSPS) is 17.8. The van der Waals surface area contributed by atoms with Gasteiger partial charge in [0.15, 0.2) is 0 Å². The molecule has 0 aliphatic carbocycles. The maximum atomic E-state index is 14.2. The number of benzene rings is 2. The number of carbonyl (C=O) groups is 2. The Hall–Kier alpha value is -2.35. The zero-order valence-electron chi connectivity index (χ0n) is 19.5. The molecule has 2 saturated heterocycles. The lowest BCUT2D eigenvalue weighted by Crippen LogP contribution is -2.49. The van der Waals surface area contributed by atoms with E-state index in [1.54, 1.807) is 35.2 Å². The van der Waals surface area contributed by atoms with E-state index in [-0.39, 0.29) is 28.8 Å². The molecule has 9 heteroatoms. The molecule has 188 valence electrons. The second-order valence-electron chi connectivity index (χ2n) is 9.17. The third-order valence-electron chi connectivity index (χ3n) is 6.82.